The predicted octanol–water partition coefficient (Wildman–Crippen LogP) is 5.09. The number of ketones is 2. The van der Waals surface area contributed by atoms with Gasteiger partial charge in [0.05, 0.1) is 0 Å². The van der Waals surface area contributed by atoms with Gasteiger partial charge in [-0.2, -0.15) is 0 Å². The van der Waals surface area contributed by atoms with Crippen molar-refractivity contribution in [3.05, 3.63) is 75.2 Å². The zero-order valence-corrected chi connectivity index (χ0v) is 17.2. The minimum absolute atomic E-state index is 0.0394. The van der Waals surface area contributed by atoms with Crippen molar-refractivity contribution in [3.8, 4) is 0 Å². The average Bonchev–Trinajstić information content (AvgIpc) is 2.93. The van der Waals surface area contributed by atoms with Crippen LogP contribution in [0.3, 0.4) is 0 Å². The number of benzene rings is 2. The highest BCUT2D eigenvalue weighted by molar-refractivity contribution is 9.10. The van der Waals surface area contributed by atoms with E-state index in [9.17, 15) is 14.4 Å². The Morgan fingerprint density at radius 3 is 2.29 bits per heavy atom. The summed E-state index contributed by atoms with van der Waals surface area (Å²) < 4.78 is 0.929. The summed E-state index contributed by atoms with van der Waals surface area (Å²) in [7, 11) is 0. The number of fused-ring (bicyclic) bond motifs is 1. The number of nitrogens with one attached hydrogen (secondary N) is 1. The molecule has 28 heavy (non-hydrogen) atoms. The van der Waals surface area contributed by atoms with Gasteiger partial charge in [-0.05, 0) is 54.8 Å². The topological polar surface area (TPSA) is 63.2 Å². The Morgan fingerprint density at radius 2 is 1.61 bits per heavy atom. The van der Waals surface area contributed by atoms with E-state index in [1.165, 1.54) is 0 Å². The summed E-state index contributed by atoms with van der Waals surface area (Å²) in [5.74, 6) is -1.70. The fourth-order valence-electron chi connectivity index (χ4n) is 3.93. The summed E-state index contributed by atoms with van der Waals surface area (Å²) in [4.78, 5) is 38.0. The fourth-order valence-corrected chi connectivity index (χ4v) is 4.45. The van der Waals surface area contributed by atoms with Crippen molar-refractivity contribution in [1.29, 1.82) is 0 Å². The first-order valence-corrected chi connectivity index (χ1v) is 10.2. The van der Waals surface area contributed by atoms with Crippen molar-refractivity contribution in [2.75, 3.05) is 5.32 Å². The SMILES string of the molecule is O=C(Nc1ccc(Br)cc1)c1ccc([C@@H]2C(=O)[C@H]3CC(Cl)=CC[C@H]3C2=O)cc1. The highest BCUT2D eigenvalue weighted by Crippen LogP contribution is 2.44. The summed E-state index contributed by atoms with van der Waals surface area (Å²) in [6, 6.07) is 14.0. The molecule has 6 heteroatoms. The number of anilines is 1. The molecule has 0 radical (unpaired) electrons. The van der Waals surface area contributed by atoms with Crippen molar-refractivity contribution < 1.29 is 14.4 Å². The van der Waals surface area contributed by atoms with Gasteiger partial charge in [-0.3, -0.25) is 14.4 Å². The molecule has 0 spiro atoms. The second kappa shape index (κ2) is 7.64. The van der Waals surface area contributed by atoms with Crippen LogP contribution in [0.4, 0.5) is 5.69 Å². The minimum Gasteiger partial charge on any atom is -0.322 e. The van der Waals surface area contributed by atoms with E-state index in [0.717, 1.165) is 4.47 Å². The molecule has 1 saturated carbocycles. The second-order valence-corrected chi connectivity index (χ2v) is 8.53. The van der Waals surface area contributed by atoms with Crippen LogP contribution in [-0.2, 0) is 9.59 Å². The summed E-state index contributed by atoms with van der Waals surface area (Å²) >= 11 is 9.43. The molecular weight excluding hydrogens is 442 g/mol. The molecule has 2 aliphatic carbocycles. The van der Waals surface area contributed by atoms with Gasteiger partial charge in [0.25, 0.3) is 5.91 Å². The summed E-state index contributed by atoms with van der Waals surface area (Å²) in [5, 5.41) is 3.48. The van der Waals surface area contributed by atoms with Crippen molar-refractivity contribution in [3.63, 3.8) is 0 Å². The van der Waals surface area contributed by atoms with Crippen LogP contribution in [0.15, 0.2) is 64.1 Å². The van der Waals surface area contributed by atoms with Gasteiger partial charge in [0.1, 0.15) is 5.92 Å². The molecule has 1 amide bonds. The number of halogens is 2. The summed E-state index contributed by atoms with van der Waals surface area (Å²) in [5.41, 5.74) is 1.79. The second-order valence-electron chi connectivity index (χ2n) is 7.12. The third-order valence-electron chi connectivity index (χ3n) is 5.40. The number of amides is 1. The first-order chi connectivity index (χ1) is 13.4. The quantitative estimate of drug-likeness (QED) is 0.652. The fraction of sp³-hybridized carbons (Fsp3) is 0.227. The number of rotatable bonds is 3. The molecule has 1 N–H and O–H groups in total. The van der Waals surface area contributed by atoms with Crippen molar-refractivity contribution >= 4 is 50.7 Å². The molecule has 0 aliphatic heterocycles. The standard InChI is InChI=1S/C22H17BrClNO3/c23-14-5-8-16(9-6-14)25-22(28)13-3-1-12(2-4-13)19-20(26)17-10-7-15(24)11-18(17)21(19)27/h1-9,17-19H,10-11H2,(H,25,28)/t17-,18+,19+/m1/s1. The number of allylic oxidation sites excluding steroid dienone is 2. The highest BCUT2D eigenvalue weighted by Gasteiger charge is 2.50. The lowest BCUT2D eigenvalue weighted by atomic mass is 9.85. The lowest BCUT2D eigenvalue weighted by molar-refractivity contribution is -0.125. The maximum atomic E-state index is 12.8. The molecule has 0 saturated heterocycles. The van der Waals surface area contributed by atoms with Crippen LogP contribution in [0.1, 0.15) is 34.7 Å². The number of carbonyl (C=O) groups excluding carboxylic acids is 3. The molecule has 4 rings (SSSR count). The predicted molar refractivity (Wildman–Crippen MR) is 111 cm³/mol. The molecular formula is C22H17BrClNO3. The van der Waals surface area contributed by atoms with Crippen molar-refractivity contribution in [1.82, 2.24) is 0 Å². The van der Waals surface area contributed by atoms with Crippen molar-refractivity contribution in [2.45, 2.75) is 18.8 Å². The Kier molecular flexibility index (Phi) is 5.21. The highest BCUT2D eigenvalue weighted by atomic mass is 79.9. The Balaban J connectivity index is 1.50. The Labute approximate surface area is 176 Å². The van der Waals surface area contributed by atoms with Crippen molar-refractivity contribution in [2.24, 2.45) is 11.8 Å². The van der Waals surface area contributed by atoms with Crippen LogP contribution in [0.5, 0.6) is 0 Å². The maximum Gasteiger partial charge on any atom is 0.255 e. The zero-order valence-electron chi connectivity index (χ0n) is 14.8. The zero-order chi connectivity index (χ0) is 19.8. The Hall–Kier alpha value is -2.24. The van der Waals surface area contributed by atoms with Gasteiger partial charge in [0.15, 0.2) is 11.6 Å². The summed E-state index contributed by atoms with van der Waals surface area (Å²) in [6.07, 6.45) is 2.81. The Bertz CT molecular complexity index is 982. The number of hydrogen-bond acceptors (Lipinski definition) is 3. The van der Waals surface area contributed by atoms with Crippen LogP contribution in [0, 0.1) is 11.8 Å². The van der Waals surface area contributed by atoms with Gasteiger partial charge in [-0.15, -0.1) is 0 Å². The van der Waals surface area contributed by atoms with Gasteiger partial charge < -0.3 is 5.32 Å². The van der Waals surface area contributed by atoms with E-state index in [1.807, 2.05) is 18.2 Å². The van der Waals surface area contributed by atoms with E-state index >= 15 is 0 Å². The van der Waals surface area contributed by atoms with Crippen LogP contribution < -0.4 is 5.32 Å². The molecule has 0 aromatic heterocycles. The van der Waals surface area contributed by atoms with Crippen LogP contribution in [0.25, 0.3) is 0 Å². The monoisotopic (exact) mass is 457 g/mol. The molecule has 0 heterocycles. The lowest BCUT2D eigenvalue weighted by Gasteiger charge is -2.19. The van der Waals surface area contributed by atoms with Gasteiger partial charge in [0.2, 0.25) is 0 Å². The van der Waals surface area contributed by atoms with Gasteiger partial charge in [-0.1, -0.05) is 45.7 Å². The minimum atomic E-state index is -0.755. The van der Waals surface area contributed by atoms with Crippen LogP contribution in [-0.4, -0.2) is 17.5 Å². The molecule has 0 bridgehead atoms. The van der Waals surface area contributed by atoms with E-state index in [4.69, 9.17) is 11.6 Å². The normalized spacial score (nSPS) is 23.9. The molecule has 142 valence electrons. The first-order valence-electron chi connectivity index (χ1n) is 9.03. The maximum absolute atomic E-state index is 12.8. The van der Waals surface area contributed by atoms with Crippen LogP contribution >= 0.6 is 27.5 Å². The molecule has 0 unspecified atom stereocenters. The van der Waals surface area contributed by atoms with Crippen LogP contribution in [0.2, 0.25) is 0 Å². The average molecular weight is 459 g/mol. The van der Waals surface area contributed by atoms with E-state index < -0.39 is 5.92 Å². The number of carbonyl (C=O) groups is 3. The van der Waals surface area contributed by atoms with Gasteiger partial charge in [0, 0.05) is 32.6 Å². The van der Waals surface area contributed by atoms with E-state index in [2.05, 4.69) is 21.2 Å². The third kappa shape index (κ3) is 3.56. The van der Waals surface area contributed by atoms with E-state index in [0.29, 0.717) is 34.7 Å². The largest absolute Gasteiger partial charge is 0.322 e. The molecule has 2 aromatic rings. The van der Waals surface area contributed by atoms with E-state index in [-0.39, 0.29) is 29.3 Å². The Morgan fingerprint density at radius 1 is 0.964 bits per heavy atom. The number of Topliss-reactive ketones (excluding diaryl/α,β-unsaturated/α-hetero) is 2. The molecule has 2 aromatic carbocycles. The third-order valence-corrected chi connectivity index (χ3v) is 6.24. The van der Waals surface area contributed by atoms with Gasteiger partial charge in [-0.25, -0.2) is 0 Å². The molecule has 1 fully saturated rings. The molecule has 2 aliphatic rings. The van der Waals surface area contributed by atoms with E-state index in [1.54, 1.807) is 36.4 Å². The lowest BCUT2D eigenvalue weighted by Crippen LogP contribution is -2.20. The molecule has 4 nitrogen and oxygen atoms in total. The smallest absolute Gasteiger partial charge is 0.255 e. The molecule has 3 atom stereocenters. The first kappa shape index (κ1) is 19.1. The number of hydrogen-bond donors (Lipinski definition) is 1. The summed E-state index contributed by atoms with van der Waals surface area (Å²) in [6.45, 7) is 0. The van der Waals surface area contributed by atoms with Gasteiger partial charge >= 0.3 is 0 Å².